The predicted molar refractivity (Wildman–Crippen MR) is 108 cm³/mol. The standard InChI is InChI=1S/C22H45O3/c1-4-5-6-7-8-9-10-11-12-13-14-15-16-17-18-25-22(21(3)24)19-20(2)23/h20-24H,3-19H2,1-2H3. The highest BCUT2D eigenvalue weighted by Gasteiger charge is 2.17. The lowest BCUT2D eigenvalue weighted by Gasteiger charge is -2.21. The van der Waals surface area contributed by atoms with Crippen LogP contribution in [-0.2, 0) is 4.74 Å². The second kappa shape index (κ2) is 18.7. The largest absolute Gasteiger partial charge is 0.393 e. The first-order valence-electron chi connectivity index (χ1n) is 10.9. The zero-order chi connectivity index (χ0) is 18.8. The van der Waals surface area contributed by atoms with Crippen LogP contribution < -0.4 is 0 Å². The fraction of sp³-hybridized carbons (Fsp3) is 0.955. The number of hydrogen-bond donors (Lipinski definition) is 2. The third-order valence-corrected chi connectivity index (χ3v) is 4.83. The van der Waals surface area contributed by atoms with E-state index in [-0.39, 0.29) is 6.10 Å². The van der Waals surface area contributed by atoms with Crippen molar-refractivity contribution in [3.8, 4) is 0 Å². The second-order valence-electron chi connectivity index (χ2n) is 7.66. The highest BCUT2D eigenvalue weighted by Crippen LogP contribution is 2.13. The van der Waals surface area contributed by atoms with Crippen LogP contribution in [-0.4, -0.2) is 35.1 Å². The van der Waals surface area contributed by atoms with Crippen LogP contribution in [0.4, 0.5) is 0 Å². The molecule has 0 heterocycles. The zero-order valence-corrected chi connectivity index (χ0v) is 17.1. The van der Waals surface area contributed by atoms with Gasteiger partial charge < -0.3 is 14.9 Å². The monoisotopic (exact) mass is 357 g/mol. The van der Waals surface area contributed by atoms with E-state index < -0.39 is 12.2 Å². The van der Waals surface area contributed by atoms with Crippen molar-refractivity contribution in [1.29, 1.82) is 0 Å². The van der Waals surface area contributed by atoms with Gasteiger partial charge in [0.15, 0.2) is 0 Å². The molecule has 0 aromatic heterocycles. The van der Waals surface area contributed by atoms with Crippen LogP contribution in [0.5, 0.6) is 0 Å². The predicted octanol–water partition coefficient (Wildman–Crippen LogP) is 5.82. The van der Waals surface area contributed by atoms with Crippen molar-refractivity contribution in [1.82, 2.24) is 0 Å². The number of unbranched alkanes of at least 4 members (excludes halogenated alkanes) is 13. The molecule has 3 nitrogen and oxygen atoms in total. The van der Waals surface area contributed by atoms with Gasteiger partial charge in [-0.15, -0.1) is 0 Å². The summed E-state index contributed by atoms with van der Waals surface area (Å²) in [6.07, 6.45) is 17.7. The molecule has 0 aromatic carbocycles. The van der Waals surface area contributed by atoms with Gasteiger partial charge in [-0.25, -0.2) is 0 Å². The molecule has 0 fully saturated rings. The molecule has 0 bridgehead atoms. The van der Waals surface area contributed by atoms with Crippen LogP contribution in [0.15, 0.2) is 0 Å². The molecule has 1 radical (unpaired) electrons. The van der Waals surface area contributed by atoms with Crippen molar-refractivity contribution in [3.63, 3.8) is 0 Å². The topological polar surface area (TPSA) is 49.7 Å². The van der Waals surface area contributed by atoms with E-state index in [1.807, 2.05) is 0 Å². The summed E-state index contributed by atoms with van der Waals surface area (Å²) in [4.78, 5) is 0. The second-order valence-corrected chi connectivity index (χ2v) is 7.66. The lowest BCUT2D eigenvalue weighted by molar-refractivity contribution is -0.0424. The average molecular weight is 358 g/mol. The van der Waals surface area contributed by atoms with Crippen LogP contribution in [0.3, 0.4) is 0 Å². The molecule has 3 unspecified atom stereocenters. The van der Waals surface area contributed by atoms with Crippen molar-refractivity contribution >= 4 is 0 Å². The van der Waals surface area contributed by atoms with Gasteiger partial charge in [0.25, 0.3) is 0 Å². The molecule has 0 aromatic rings. The van der Waals surface area contributed by atoms with Gasteiger partial charge in [-0.05, 0) is 20.3 Å². The first-order chi connectivity index (χ1) is 12.1. The summed E-state index contributed by atoms with van der Waals surface area (Å²) >= 11 is 0. The van der Waals surface area contributed by atoms with E-state index in [0.29, 0.717) is 13.0 Å². The molecule has 0 aliphatic rings. The Hall–Kier alpha value is -0.120. The number of ether oxygens (including phenoxy) is 1. The molecule has 0 saturated heterocycles. The maximum Gasteiger partial charge on any atom is 0.0858 e. The molecule has 3 atom stereocenters. The molecule has 0 saturated carbocycles. The molecule has 3 heteroatoms. The van der Waals surface area contributed by atoms with Gasteiger partial charge in [0.2, 0.25) is 0 Å². The van der Waals surface area contributed by atoms with Crippen molar-refractivity contribution < 1.29 is 14.9 Å². The van der Waals surface area contributed by atoms with Gasteiger partial charge in [0.05, 0.1) is 18.3 Å². The van der Waals surface area contributed by atoms with Gasteiger partial charge in [0, 0.05) is 13.0 Å². The SMILES string of the molecule is [CH2]C(O)C(CC(C)O)OCCCCCCCCCCCCCCCC. The van der Waals surface area contributed by atoms with Crippen LogP contribution in [0.2, 0.25) is 0 Å². The van der Waals surface area contributed by atoms with E-state index in [1.165, 1.54) is 83.5 Å². The summed E-state index contributed by atoms with van der Waals surface area (Å²) in [5.74, 6) is 0. The highest BCUT2D eigenvalue weighted by molar-refractivity contribution is 4.73. The number of aliphatic hydroxyl groups is 2. The Bertz CT molecular complexity index is 254. The van der Waals surface area contributed by atoms with Gasteiger partial charge in [0.1, 0.15) is 0 Å². The van der Waals surface area contributed by atoms with Gasteiger partial charge in [-0.1, -0.05) is 90.4 Å². The molecular weight excluding hydrogens is 312 g/mol. The Kier molecular flexibility index (Phi) is 18.6. The molecular formula is C22H45O3. The zero-order valence-electron chi connectivity index (χ0n) is 17.1. The van der Waals surface area contributed by atoms with E-state index in [9.17, 15) is 10.2 Å². The van der Waals surface area contributed by atoms with Gasteiger partial charge in [-0.2, -0.15) is 0 Å². The summed E-state index contributed by atoms with van der Waals surface area (Å²) in [7, 11) is 0. The summed E-state index contributed by atoms with van der Waals surface area (Å²) in [6.45, 7) is 8.24. The van der Waals surface area contributed by atoms with Crippen LogP contribution in [0.25, 0.3) is 0 Å². The Morgan fingerprint density at radius 1 is 0.720 bits per heavy atom. The van der Waals surface area contributed by atoms with Crippen LogP contribution in [0.1, 0.15) is 110 Å². The average Bonchev–Trinajstić information content (AvgIpc) is 2.56. The molecule has 151 valence electrons. The van der Waals surface area contributed by atoms with Crippen molar-refractivity contribution in [2.24, 2.45) is 0 Å². The smallest absolute Gasteiger partial charge is 0.0858 e. The molecule has 0 aliphatic carbocycles. The summed E-state index contributed by atoms with van der Waals surface area (Å²) in [5, 5.41) is 18.9. The fourth-order valence-electron chi connectivity index (χ4n) is 3.20. The van der Waals surface area contributed by atoms with E-state index in [4.69, 9.17) is 4.74 Å². The van der Waals surface area contributed by atoms with E-state index in [0.717, 1.165) is 6.42 Å². The van der Waals surface area contributed by atoms with Crippen LogP contribution >= 0.6 is 0 Å². The minimum absolute atomic E-state index is 0.345. The van der Waals surface area contributed by atoms with E-state index in [1.54, 1.807) is 6.92 Å². The minimum atomic E-state index is -0.763. The molecule has 0 amide bonds. The lowest BCUT2D eigenvalue weighted by atomic mass is 10.0. The molecule has 25 heavy (non-hydrogen) atoms. The van der Waals surface area contributed by atoms with Gasteiger partial charge >= 0.3 is 0 Å². The number of hydrogen-bond acceptors (Lipinski definition) is 3. The third kappa shape index (κ3) is 18.5. The Morgan fingerprint density at radius 3 is 1.48 bits per heavy atom. The number of aliphatic hydroxyl groups excluding tert-OH is 2. The molecule has 2 N–H and O–H groups in total. The normalized spacial score (nSPS) is 15.2. The number of rotatable bonds is 19. The first-order valence-corrected chi connectivity index (χ1v) is 10.9. The Labute approximate surface area is 157 Å². The first kappa shape index (κ1) is 24.9. The summed E-state index contributed by atoms with van der Waals surface area (Å²) in [6, 6.07) is 0. The maximum atomic E-state index is 9.53. The van der Waals surface area contributed by atoms with Crippen molar-refractivity contribution in [2.45, 2.75) is 128 Å². The molecule has 0 aliphatic heterocycles. The highest BCUT2D eigenvalue weighted by atomic mass is 16.5. The lowest BCUT2D eigenvalue weighted by Crippen LogP contribution is -2.30. The quantitative estimate of drug-likeness (QED) is 0.286. The van der Waals surface area contributed by atoms with E-state index >= 15 is 0 Å². The van der Waals surface area contributed by atoms with Gasteiger partial charge in [-0.3, -0.25) is 0 Å². The summed E-state index contributed by atoms with van der Waals surface area (Å²) in [5.41, 5.74) is 0. The summed E-state index contributed by atoms with van der Waals surface area (Å²) < 4.78 is 5.65. The minimum Gasteiger partial charge on any atom is -0.393 e. The molecule has 0 rings (SSSR count). The Balaban J connectivity index is 3.25. The third-order valence-electron chi connectivity index (χ3n) is 4.83. The van der Waals surface area contributed by atoms with Crippen LogP contribution in [0, 0.1) is 6.92 Å². The molecule has 0 spiro atoms. The van der Waals surface area contributed by atoms with Crippen molar-refractivity contribution in [2.75, 3.05) is 6.61 Å². The Morgan fingerprint density at radius 2 is 1.12 bits per heavy atom. The maximum absolute atomic E-state index is 9.53. The van der Waals surface area contributed by atoms with Crippen molar-refractivity contribution in [3.05, 3.63) is 6.92 Å². The fourth-order valence-corrected chi connectivity index (χ4v) is 3.20. The van der Waals surface area contributed by atoms with E-state index in [2.05, 4.69) is 13.8 Å².